The van der Waals surface area contributed by atoms with Crippen LogP contribution in [0.25, 0.3) is 11.1 Å². The summed E-state index contributed by atoms with van der Waals surface area (Å²) in [6, 6.07) is 4.97. The van der Waals surface area contributed by atoms with Gasteiger partial charge in [-0.25, -0.2) is 4.98 Å². The molecule has 1 aliphatic rings. The standard InChI is InChI=1S/C12H10BrF3N2O/c13-7-1-2-9-8(5-7)18-10(19-9)11(12(14,15)16)3-4-17-6-11/h1-2,5,17H,3-4,6H2. The summed E-state index contributed by atoms with van der Waals surface area (Å²) in [5.74, 6) is -0.252. The fourth-order valence-corrected chi connectivity index (χ4v) is 2.69. The summed E-state index contributed by atoms with van der Waals surface area (Å²) in [6.07, 6.45) is -4.43. The number of aromatic nitrogens is 1. The van der Waals surface area contributed by atoms with Crippen LogP contribution in [-0.4, -0.2) is 24.2 Å². The third kappa shape index (κ3) is 1.95. The molecule has 1 atom stereocenters. The normalized spacial score (nSPS) is 24.2. The van der Waals surface area contributed by atoms with Crippen molar-refractivity contribution in [2.24, 2.45) is 0 Å². The number of benzene rings is 1. The Morgan fingerprint density at radius 3 is 2.79 bits per heavy atom. The molecule has 1 N–H and O–H groups in total. The summed E-state index contributed by atoms with van der Waals surface area (Å²) in [7, 11) is 0. The van der Waals surface area contributed by atoms with Crippen LogP contribution >= 0.6 is 15.9 Å². The van der Waals surface area contributed by atoms with E-state index >= 15 is 0 Å². The van der Waals surface area contributed by atoms with Crippen molar-refractivity contribution in [1.29, 1.82) is 0 Å². The van der Waals surface area contributed by atoms with Gasteiger partial charge in [-0.1, -0.05) is 15.9 Å². The lowest BCUT2D eigenvalue weighted by Crippen LogP contribution is -2.44. The van der Waals surface area contributed by atoms with E-state index in [0.717, 1.165) is 4.47 Å². The Bertz CT molecular complexity index is 617. The largest absolute Gasteiger partial charge is 0.440 e. The molecule has 0 spiro atoms. The third-order valence-corrected chi connectivity index (χ3v) is 3.95. The molecule has 102 valence electrons. The first-order valence-corrected chi connectivity index (χ1v) is 6.56. The van der Waals surface area contributed by atoms with Crippen molar-refractivity contribution >= 4 is 27.0 Å². The van der Waals surface area contributed by atoms with E-state index in [0.29, 0.717) is 17.6 Å². The number of fused-ring (bicyclic) bond motifs is 1. The van der Waals surface area contributed by atoms with Gasteiger partial charge in [0, 0.05) is 11.0 Å². The predicted molar refractivity (Wildman–Crippen MR) is 66.9 cm³/mol. The molecule has 0 amide bonds. The molecular formula is C12H10BrF3N2O. The highest BCUT2D eigenvalue weighted by atomic mass is 79.9. The lowest BCUT2D eigenvalue weighted by atomic mass is 9.86. The van der Waals surface area contributed by atoms with E-state index in [9.17, 15) is 13.2 Å². The van der Waals surface area contributed by atoms with Gasteiger partial charge in [-0.3, -0.25) is 0 Å². The molecule has 1 saturated heterocycles. The summed E-state index contributed by atoms with van der Waals surface area (Å²) in [6.45, 7) is 0.117. The Labute approximate surface area is 115 Å². The number of hydrogen-bond acceptors (Lipinski definition) is 3. The van der Waals surface area contributed by atoms with Gasteiger partial charge >= 0.3 is 6.18 Å². The van der Waals surface area contributed by atoms with Crippen molar-refractivity contribution in [3.63, 3.8) is 0 Å². The predicted octanol–water partition coefficient (Wildman–Crippen LogP) is 3.38. The van der Waals surface area contributed by atoms with Gasteiger partial charge in [0.2, 0.25) is 5.89 Å². The van der Waals surface area contributed by atoms with Crippen LogP contribution in [0.4, 0.5) is 13.2 Å². The second-order valence-corrected chi connectivity index (χ2v) is 5.55. The van der Waals surface area contributed by atoms with Crippen LogP contribution < -0.4 is 5.32 Å². The molecule has 2 heterocycles. The van der Waals surface area contributed by atoms with Crippen LogP contribution in [0.15, 0.2) is 27.1 Å². The van der Waals surface area contributed by atoms with Crippen molar-refractivity contribution in [3.8, 4) is 0 Å². The molecule has 1 fully saturated rings. The smallest absolute Gasteiger partial charge is 0.404 e. The highest BCUT2D eigenvalue weighted by Gasteiger charge is 2.60. The molecule has 1 aliphatic heterocycles. The van der Waals surface area contributed by atoms with Crippen LogP contribution in [-0.2, 0) is 5.41 Å². The van der Waals surface area contributed by atoms with Crippen molar-refractivity contribution < 1.29 is 17.6 Å². The van der Waals surface area contributed by atoms with Gasteiger partial charge in [0.05, 0.1) is 0 Å². The topological polar surface area (TPSA) is 38.1 Å². The summed E-state index contributed by atoms with van der Waals surface area (Å²) in [5.41, 5.74) is -1.22. The molecule has 0 radical (unpaired) electrons. The Balaban J connectivity index is 2.16. The van der Waals surface area contributed by atoms with Gasteiger partial charge in [-0.05, 0) is 31.2 Å². The fraction of sp³-hybridized carbons (Fsp3) is 0.417. The van der Waals surface area contributed by atoms with E-state index < -0.39 is 11.6 Å². The van der Waals surface area contributed by atoms with E-state index in [-0.39, 0.29) is 18.9 Å². The minimum Gasteiger partial charge on any atom is -0.440 e. The second kappa shape index (κ2) is 4.21. The first-order chi connectivity index (χ1) is 8.92. The van der Waals surface area contributed by atoms with Crippen molar-refractivity contribution in [2.45, 2.75) is 18.0 Å². The van der Waals surface area contributed by atoms with E-state index in [1.165, 1.54) is 0 Å². The molecule has 0 aliphatic carbocycles. The fourth-order valence-electron chi connectivity index (χ4n) is 2.34. The van der Waals surface area contributed by atoms with Crippen LogP contribution in [0, 0.1) is 0 Å². The second-order valence-electron chi connectivity index (χ2n) is 4.64. The first-order valence-electron chi connectivity index (χ1n) is 5.76. The number of halogens is 4. The molecule has 1 aromatic carbocycles. The van der Waals surface area contributed by atoms with Crippen LogP contribution in [0.5, 0.6) is 0 Å². The molecule has 1 aromatic heterocycles. The molecule has 7 heteroatoms. The number of alkyl halides is 3. The molecule has 0 bridgehead atoms. The van der Waals surface area contributed by atoms with Gasteiger partial charge in [0.1, 0.15) is 5.52 Å². The number of nitrogens with one attached hydrogen (secondary N) is 1. The van der Waals surface area contributed by atoms with Gasteiger partial charge in [0.15, 0.2) is 11.0 Å². The van der Waals surface area contributed by atoms with E-state index in [1.54, 1.807) is 18.2 Å². The van der Waals surface area contributed by atoms with E-state index in [2.05, 4.69) is 26.2 Å². The van der Waals surface area contributed by atoms with Crippen LogP contribution in [0.3, 0.4) is 0 Å². The number of hydrogen-bond donors (Lipinski definition) is 1. The molecule has 0 saturated carbocycles. The van der Waals surface area contributed by atoms with Gasteiger partial charge in [-0.2, -0.15) is 13.2 Å². The Hall–Kier alpha value is -1.08. The SMILES string of the molecule is FC(F)(F)C1(c2nc3cc(Br)ccc3o2)CCNC1. The molecule has 3 rings (SSSR count). The number of nitrogens with zero attached hydrogens (tertiary/aromatic N) is 1. The minimum absolute atomic E-state index is 0.0511. The Kier molecular flexibility index (Phi) is 2.86. The maximum absolute atomic E-state index is 13.4. The molecule has 1 unspecified atom stereocenters. The molecular weight excluding hydrogens is 325 g/mol. The summed E-state index contributed by atoms with van der Waals surface area (Å²) in [5, 5.41) is 2.74. The monoisotopic (exact) mass is 334 g/mol. The third-order valence-electron chi connectivity index (χ3n) is 3.46. The molecule has 2 aromatic rings. The zero-order chi connectivity index (χ0) is 13.7. The average molecular weight is 335 g/mol. The van der Waals surface area contributed by atoms with Gasteiger partial charge < -0.3 is 9.73 Å². The summed E-state index contributed by atoms with van der Waals surface area (Å²) in [4.78, 5) is 4.04. The highest BCUT2D eigenvalue weighted by Crippen LogP contribution is 2.45. The lowest BCUT2D eigenvalue weighted by molar-refractivity contribution is -0.190. The number of rotatable bonds is 1. The summed E-state index contributed by atoms with van der Waals surface area (Å²) < 4.78 is 46.2. The quantitative estimate of drug-likeness (QED) is 0.868. The van der Waals surface area contributed by atoms with Crippen LogP contribution in [0.2, 0.25) is 0 Å². The van der Waals surface area contributed by atoms with Crippen molar-refractivity contribution in [1.82, 2.24) is 10.3 Å². The zero-order valence-electron chi connectivity index (χ0n) is 9.72. The van der Waals surface area contributed by atoms with E-state index in [4.69, 9.17) is 4.42 Å². The Morgan fingerprint density at radius 2 is 2.16 bits per heavy atom. The van der Waals surface area contributed by atoms with E-state index in [1.807, 2.05) is 0 Å². The lowest BCUT2D eigenvalue weighted by Gasteiger charge is -2.27. The van der Waals surface area contributed by atoms with Crippen molar-refractivity contribution in [3.05, 3.63) is 28.6 Å². The summed E-state index contributed by atoms with van der Waals surface area (Å²) >= 11 is 3.26. The van der Waals surface area contributed by atoms with Crippen molar-refractivity contribution in [2.75, 3.05) is 13.1 Å². The Morgan fingerprint density at radius 1 is 1.37 bits per heavy atom. The highest BCUT2D eigenvalue weighted by molar-refractivity contribution is 9.10. The van der Waals surface area contributed by atoms with Crippen LogP contribution in [0.1, 0.15) is 12.3 Å². The maximum atomic E-state index is 13.4. The molecule has 3 nitrogen and oxygen atoms in total. The van der Waals surface area contributed by atoms with Gasteiger partial charge in [0.25, 0.3) is 0 Å². The first kappa shape index (κ1) is 12.9. The number of oxazole rings is 1. The van der Waals surface area contributed by atoms with Gasteiger partial charge in [-0.15, -0.1) is 0 Å². The maximum Gasteiger partial charge on any atom is 0.404 e. The average Bonchev–Trinajstić information content (AvgIpc) is 2.93. The minimum atomic E-state index is -4.38. The zero-order valence-corrected chi connectivity index (χ0v) is 11.3. The molecule has 19 heavy (non-hydrogen) atoms.